The average molecular weight is 395 g/mol. The molecule has 0 bridgehead atoms. The maximum absolute atomic E-state index is 12.3. The van der Waals surface area contributed by atoms with Crippen molar-refractivity contribution in [2.24, 2.45) is 11.5 Å². The second kappa shape index (κ2) is 10.7. The SMILES string of the molecule is CN(C)C(=O)C(O)c1ccc(NC(=O)[C@H](CCCNC(N)=O)OC(N)=O)cc1. The molecule has 0 aliphatic carbocycles. The largest absolute Gasteiger partial charge is 0.436 e. The monoisotopic (exact) mass is 395 g/mol. The van der Waals surface area contributed by atoms with E-state index < -0.39 is 36.1 Å². The van der Waals surface area contributed by atoms with E-state index in [0.29, 0.717) is 17.7 Å². The number of primary amides is 2. The lowest BCUT2D eigenvalue weighted by Crippen LogP contribution is -2.36. The number of likely N-dealkylation sites (N-methyl/N-ethyl adjacent to an activating group) is 1. The first-order chi connectivity index (χ1) is 13.1. The Balaban J connectivity index is 2.71. The Labute approximate surface area is 162 Å². The maximum Gasteiger partial charge on any atom is 0.405 e. The van der Waals surface area contributed by atoms with Gasteiger partial charge in [-0.15, -0.1) is 0 Å². The van der Waals surface area contributed by atoms with Gasteiger partial charge in [0.1, 0.15) is 0 Å². The van der Waals surface area contributed by atoms with Crippen molar-refractivity contribution in [1.82, 2.24) is 10.2 Å². The lowest BCUT2D eigenvalue weighted by atomic mass is 10.1. The van der Waals surface area contributed by atoms with Crippen molar-refractivity contribution < 1.29 is 29.0 Å². The zero-order valence-electron chi connectivity index (χ0n) is 15.7. The first-order valence-corrected chi connectivity index (χ1v) is 8.41. The van der Waals surface area contributed by atoms with Gasteiger partial charge in [0.15, 0.2) is 12.2 Å². The predicted octanol–water partition coefficient (Wildman–Crippen LogP) is -0.341. The van der Waals surface area contributed by atoms with Crippen LogP contribution in [0.25, 0.3) is 0 Å². The summed E-state index contributed by atoms with van der Waals surface area (Å²) in [5.41, 5.74) is 10.7. The van der Waals surface area contributed by atoms with Crippen LogP contribution >= 0.6 is 0 Å². The summed E-state index contributed by atoms with van der Waals surface area (Å²) < 4.78 is 4.80. The van der Waals surface area contributed by atoms with Gasteiger partial charge in [0.2, 0.25) is 0 Å². The number of amides is 5. The molecule has 0 fully saturated rings. The third-order valence-corrected chi connectivity index (χ3v) is 3.66. The molecule has 1 aromatic carbocycles. The van der Waals surface area contributed by atoms with Crippen molar-refractivity contribution >= 4 is 29.6 Å². The number of benzene rings is 1. The summed E-state index contributed by atoms with van der Waals surface area (Å²) in [7, 11) is 3.05. The normalized spacial score (nSPS) is 12.4. The minimum Gasteiger partial charge on any atom is -0.436 e. The van der Waals surface area contributed by atoms with Crippen molar-refractivity contribution in [3.8, 4) is 0 Å². The Morgan fingerprint density at radius 1 is 1.14 bits per heavy atom. The fourth-order valence-electron chi connectivity index (χ4n) is 2.24. The fourth-order valence-corrected chi connectivity index (χ4v) is 2.24. The molecule has 154 valence electrons. The molecule has 1 unspecified atom stereocenters. The molecule has 0 aliphatic heterocycles. The predicted molar refractivity (Wildman–Crippen MR) is 100 cm³/mol. The topological polar surface area (TPSA) is 177 Å². The first kappa shape index (κ1) is 22.7. The molecule has 7 N–H and O–H groups in total. The van der Waals surface area contributed by atoms with Crippen molar-refractivity contribution in [3.05, 3.63) is 29.8 Å². The Kier molecular flexibility index (Phi) is 8.69. The first-order valence-electron chi connectivity index (χ1n) is 8.41. The Hall–Kier alpha value is -3.34. The Morgan fingerprint density at radius 3 is 2.25 bits per heavy atom. The van der Waals surface area contributed by atoms with Crippen molar-refractivity contribution in [2.45, 2.75) is 25.0 Å². The maximum atomic E-state index is 12.3. The molecule has 0 aromatic heterocycles. The van der Waals surface area contributed by atoms with Gasteiger partial charge in [-0.2, -0.15) is 0 Å². The Bertz CT molecular complexity index is 706. The number of nitrogens with two attached hydrogens (primary N) is 2. The summed E-state index contributed by atoms with van der Waals surface area (Å²) in [4.78, 5) is 47.0. The van der Waals surface area contributed by atoms with Crippen LogP contribution in [-0.2, 0) is 14.3 Å². The van der Waals surface area contributed by atoms with E-state index in [4.69, 9.17) is 16.2 Å². The van der Waals surface area contributed by atoms with E-state index in [-0.39, 0.29) is 13.0 Å². The third-order valence-electron chi connectivity index (χ3n) is 3.66. The van der Waals surface area contributed by atoms with Gasteiger partial charge < -0.3 is 36.8 Å². The van der Waals surface area contributed by atoms with Gasteiger partial charge in [0.05, 0.1) is 0 Å². The lowest BCUT2D eigenvalue weighted by Gasteiger charge is -2.18. The van der Waals surface area contributed by atoms with Crippen molar-refractivity contribution in [3.63, 3.8) is 0 Å². The summed E-state index contributed by atoms with van der Waals surface area (Å²) >= 11 is 0. The van der Waals surface area contributed by atoms with E-state index in [1.54, 1.807) is 0 Å². The lowest BCUT2D eigenvalue weighted by molar-refractivity contribution is -0.137. The molecule has 0 radical (unpaired) electrons. The summed E-state index contributed by atoms with van der Waals surface area (Å²) in [6, 6.07) is 5.27. The van der Waals surface area contributed by atoms with Crippen LogP contribution in [0.4, 0.5) is 15.3 Å². The van der Waals surface area contributed by atoms with Crippen LogP contribution < -0.4 is 22.1 Å². The van der Waals surface area contributed by atoms with Crippen LogP contribution in [-0.4, -0.2) is 60.7 Å². The Morgan fingerprint density at radius 2 is 1.75 bits per heavy atom. The zero-order chi connectivity index (χ0) is 21.3. The molecular weight excluding hydrogens is 370 g/mol. The van der Waals surface area contributed by atoms with Gasteiger partial charge >= 0.3 is 12.1 Å². The van der Waals surface area contributed by atoms with Crippen LogP contribution in [0.2, 0.25) is 0 Å². The van der Waals surface area contributed by atoms with Crippen molar-refractivity contribution in [1.29, 1.82) is 0 Å². The molecular formula is C17H25N5O6. The highest BCUT2D eigenvalue weighted by atomic mass is 16.6. The number of carbonyl (C=O) groups excluding carboxylic acids is 4. The van der Waals surface area contributed by atoms with Crippen LogP contribution in [0, 0.1) is 0 Å². The van der Waals surface area contributed by atoms with Crippen LogP contribution in [0.3, 0.4) is 0 Å². The number of urea groups is 1. The minimum atomic E-state index is -1.32. The second-order valence-corrected chi connectivity index (χ2v) is 6.11. The molecule has 0 saturated carbocycles. The third kappa shape index (κ3) is 7.50. The number of rotatable bonds is 9. The number of hydrogen-bond donors (Lipinski definition) is 5. The fraction of sp³-hybridized carbons (Fsp3) is 0.412. The van der Waals surface area contributed by atoms with E-state index >= 15 is 0 Å². The molecule has 2 atom stereocenters. The summed E-state index contributed by atoms with van der Waals surface area (Å²) in [6.45, 7) is 0.202. The van der Waals surface area contributed by atoms with Gasteiger partial charge in [-0.05, 0) is 30.5 Å². The number of aliphatic hydroxyl groups excluding tert-OH is 1. The number of anilines is 1. The summed E-state index contributed by atoms with van der Waals surface area (Å²) in [5, 5.41) is 14.9. The molecule has 0 saturated heterocycles. The highest BCUT2D eigenvalue weighted by Gasteiger charge is 2.23. The molecule has 28 heavy (non-hydrogen) atoms. The van der Waals surface area contributed by atoms with E-state index in [2.05, 4.69) is 10.6 Å². The number of nitrogens with zero attached hydrogens (tertiary/aromatic N) is 1. The van der Waals surface area contributed by atoms with Crippen molar-refractivity contribution in [2.75, 3.05) is 26.0 Å². The smallest absolute Gasteiger partial charge is 0.405 e. The van der Waals surface area contributed by atoms with Crippen LogP contribution in [0.1, 0.15) is 24.5 Å². The number of nitrogens with one attached hydrogen (secondary N) is 2. The minimum absolute atomic E-state index is 0.114. The molecule has 11 heteroatoms. The molecule has 0 heterocycles. The second-order valence-electron chi connectivity index (χ2n) is 6.11. The van der Waals surface area contributed by atoms with Gasteiger partial charge in [0.25, 0.3) is 11.8 Å². The van der Waals surface area contributed by atoms with E-state index in [1.807, 2.05) is 0 Å². The van der Waals surface area contributed by atoms with Crippen LogP contribution in [0.5, 0.6) is 0 Å². The molecule has 11 nitrogen and oxygen atoms in total. The average Bonchev–Trinajstić information content (AvgIpc) is 2.62. The molecule has 1 rings (SSSR count). The highest BCUT2D eigenvalue weighted by Crippen LogP contribution is 2.18. The molecule has 1 aromatic rings. The number of aliphatic hydroxyl groups is 1. The zero-order valence-corrected chi connectivity index (χ0v) is 15.7. The summed E-state index contributed by atoms with van der Waals surface area (Å²) in [5.74, 6) is -1.09. The molecule has 5 amide bonds. The van der Waals surface area contributed by atoms with Gasteiger partial charge in [-0.1, -0.05) is 12.1 Å². The standard InChI is InChI=1S/C17H25N5O6/c1-22(2)15(25)13(23)10-5-7-11(8-6-10)21-14(24)12(28-17(19)27)4-3-9-20-16(18)26/h5-8,12-13,23H,3-4,9H2,1-2H3,(H2,19,27)(H,21,24)(H3,18,20,26)/t12-,13?/m0/s1. The number of hydrogen-bond acceptors (Lipinski definition) is 6. The highest BCUT2D eigenvalue weighted by molar-refractivity contribution is 5.95. The van der Waals surface area contributed by atoms with E-state index in [9.17, 15) is 24.3 Å². The molecule has 0 aliphatic rings. The quantitative estimate of drug-likeness (QED) is 0.357. The summed E-state index contributed by atoms with van der Waals surface area (Å²) in [6.07, 6.45) is -3.14. The van der Waals surface area contributed by atoms with E-state index in [1.165, 1.54) is 43.3 Å². The number of carbonyl (C=O) groups is 4. The van der Waals surface area contributed by atoms with Gasteiger partial charge in [-0.3, -0.25) is 9.59 Å². The van der Waals surface area contributed by atoms with Crippen LogP contribution in [0.15, 0.2) is 24.3 Å². The van der Waals surface area contributed by atoms with Gasteiger partial charge in [-0.25, -0.2) is 9.59 Å². The van der Waals surface area contributed by atoms with Gasteiger partial charge in [0, 0.05) is 26.3 Å². The van der Waals surface area contributed by atoms with E-state index in [0.717, 1.165) is 0 Å². The molecule has 0 spiro atoms. The number of ether oxygens (including phenoxy) is 1.